The van der Waals surface area contributed by atoms with Crippen LogP contribution >= 0.6 is 11.3 Å². The SMILES string of the molecule is CCOC(=O)c1c(NC(=O)Cn2c(C)nc3ccccc32)sc2c1CCCC2. The van der Waals surface area contributed by atoms with E-state index >= 15 is 0 Å². The third kappa shape index (κ3) is 3.42. The number of rotatable bonds is 5. The van der Waals surface area contributed by atoms with Crippen LogP contribution in [0, 0.1) is 6.92 Å². The van der Waals surface area contributed by atoms with E-state index in [0.717, 1.165) is 48.1 Å². The van der Waals surface area contributed by atoms with Crippen LogP contribution in [-0.4, -0.2) is 28.0 Å². The molecular weight excluding hydrogens is 374 g/mol. The first-order valence-corrected chi connectivity index (χ1v) is 10.4. The normalized spacial score (nSPS) is 13.4. The van der Waals surface area contributed by atoms with Crippen molar-refractivity contribution >= 4 is 39.2 Å². The number of thiophene rings is 1. The van der Waals surface area contributed by atoms with Gasteiger partial charge in [-0.25, -0.2) is 9.78 Å². The number of anilines is 1. The number of para-hydroxylation sites is 2. The van der Waals surface area contributed by atoms with Crippen LogP contribution in [0.3, 0.4) is 0 Å². The molecule has 2 heterocycles. The van der Waals surface area contributed by atoms with E-state index in [9.17, 15) is 9.59 Å². The molecule has 3 aromatic rings. The van der Waals surface area contributed by atoms with Gasteiger partial charge in [-0.3, -0.25) is 4.79 Å². The van der Waals surface area contributed by atoms with Crippen LogP contribution in [0.15, 0.2) is 24.3 Å². The zero-order chi connectivity index (χ0) is 19.7. The number of ether oxygens (including phenoxy) is 1. The van der Waals surface area contributed by atoms with Crippen molar-refractivity contribution in [1.82, 2.24) is 9.55 Å². The Kier molecular flexibility index (Phi) is 5.17. The molecule has 0 saturated heterocycles. The molecule has 1 aromatic carbocycles. The summed E-state index contributed by atoms with van der Waals surface area (Å²) in [6, 6.07) is 7.75. The minimum absolute atomic E-state index is 0.150. The molecule has 0 bridgehead atoms. The van der Waals surface area contributed by atoms with Crippen LogP contribution in [0.1, 0.15) is 46.4 Å². The minimum atomic E-state index is -0.346. The van der Waals surface area contributed by atoms with E-state index in [0.29, 0.717) is 17.2 Å². The second kappa shape index (κ2) is 7.75. The molecule has 6 nitrogen and oxygen atoms in total. The van der Waals surface area contributed by atoms with Gasteiger partial charge in [-0.05, 0) is 57.2 Å². The molecule has 4 rings (SSSR count). The minimum Gasteiger partial charge on any atom is -0.462 e. The van der Waals surface area contributed by atoms with Gasteiger partial charge >= 0.3 is 5.97 Å². The first-order valence-electron chi connectivity index (χ1n) is 9.62. The lowest BCUT2D eigenvalue weighted by Gasteiger charge is -2.12. The fourth-order valence-corrected chi connectivity index (χ4v) is 5.07. The van der Waals surface area contributed by atoms with E-state index in [2.05, 4.69) is 10.3 Å². The lowest BCUT2D eigenvalue weighted by atomic mass is 9.95. The van der Waals surface area contributed by atoms with Gasteiger partial charge in [-0.15, -0.1) is 11.3 Å². The van der Waals surface area contributed by atoms with E-state index in [1.807, 2.05) is 35.8 Å². The van der Waals surface area contributed by atoms with Gasteiger partial charge < -0.3 is 14.6 Å². The number of imidazole rings is 1. The molecule has 1 aliphatic rings. The van der Waals surface area contributed by atoms with Crippen LogP contribution in [0.5, 0.6) is 0 Å². The van der Waals surface area contributed by atoms with Crippen LogP contribution in [0.25, 0.3) is 11.0 Å². The molecule has 0 spiro atoms. The summed E-state index contributed by atoms with van der Waals surface area (Å²) in [4.78, 5) is 31.1. The number of fused-ring (bicyclic) bond motifs is 2. The summed E-state index contributed by atoms with van der Waals surface area (Å²) in [7, 11) is 0. The molecule has 7 heteroatoms. The Morgan fingerprint density at radius 2 is 2.04 bits per heavy atom. The summed E-state index contributed by atoms with van der Waals surface area (Å²) in [5.74, 6) is 0.268. The van der Waals surface area contributed by atoms with Crippen LogP contribution < -0.4 is 5.32 Å². The van der Waals surface area contributed by atoms with Gasteiger partial charge in [0.15, 0.2) is 0 Å². The van der Waals surface area contributed by atoms with Gasteiger partial charge in [-0.2, -0.15) is 0 Å². The Hall–Kier alpha value is -2.67. The topological polar surface area (TPSA) is 73.2 Å². The lowest BCUT2D eigenvalue weighted by Crippen LogP contribution is -2.20. The molecular formula is C21H23N3O3S. The summed E-state index contributed by atoms with van der Waals surface area (Å²) in [5, 5.41) is 3.58. The van der Waals surface area contributed by atoms with Crippen molar-refractivity contribution in [2.75, 3.05) is 11.9 Å². The number of hydrogen-bond donors (Lipinski definition) is 1. The maximum Gasteiger partial charge on any atom is 0.341 e. The van der Waals surface area contributed by atoms with Gasteiger partial charge in [0.25, 0.3) is 0 Å². The number of hydrogen-bond acceptors (Lipinski definition) is 5. The number of nitrogens with zero attached hydrogens (tertiary/aromatic N) is 2. The Morgan fingerprint density at radius 1 is 1.25 bits per heavy atom. The van der Waals surface area contributed by atoms with Crippen LogP contribution in [0.4, 0.5) is 5.00 Å². The Morgan fingerprint density at radius 3 is 2.86 bits per heavy atom. The summed E-state index contributed by atoms with van der Waals surface area (Å²) in [5.41, 5.74) is 3.38. The number of esters is 1. The maximum atomic E-state index is 12.8. The van der Waals surface area contributed by atoms with E-state index in [1.54, 1.807) is 6.92 Å². The van der Waals surface area contributed by atoms with E-state index < -0.39 is 0 Å². The quantitative estimate of drug-likeness (QED) is 0.658. The Balaban J connectivity index is 1.61. The fraction of sp³-hybridized carbons (Fsp3) is 0.381. The highest BCUT2D eigenvalue weighted by Gasteiger charge is 2.27. The highest BCUT2D eigenvalue weighted by Crippen LogP contribution is 2.38. The van der Waals surface area contributed by atoms with Crippen molar-refractivity contribution in [3.05, 3.63) is 46.1 Å². The van der Waals surface area contributed by atoms with Crippen molar-refractivity contribution in [1.29, 1.82) is 0 Å². The molecule has 0 fully saturated rings. The zero-order valence-electron chi connectivity index (χ0n) is 16.1. The fourth-order valence-electron chi connectivity index (χ4n) is 3.78. The molecule has 0 radical (unpaired) electrons. The maximum absolute atomic E-state index is 12.8. The third-order valence-electron chi connectivity index (χ3n) is 5.05. The number of carbonyl (C=O) groups is 2. The molecule has 0 saturated carbocycles. The van der Waals surface area contributed by atoms with Crippen molar-refractivity contribution < 1.29 is 14.3 Å². The van der Waals surface area contributed by atoms with Crippen molar-refractivity contribution in [2.24, 2.45) is 0 Å². The summed E-state index contributed by atoms with van der Waals surface area (Å²) < 4.78 is 7.15. The largest absolute Gasteiger partial charge is 0.462 e. The molecule has 0 aliphatic heterocycles. The van der Waals surface area contributed by atoms with E-state index in [1.165, 1.54) is 16.2 Å². The summed E-state index contributed by atoms with van der Waals surface area (Å²) in [6.07, 6.45) is 3.99. The average Bonchev–Trinajstić information content (AvgIpc) is 3.19. The van der Waals surface area contributed by atoms with E-state index in [4.69, 9.17) is 4.74 Å². The lowest BCUT2D eigenvalue weighted by molar-refractivity contribution is -0.116. The molecule has 2 aromatic heterocycles. The standard InChI is InChI=1S/C21H23N3O3S/c1-3-27-21(26)19-14-8-4-7-11-17(14)28-20(19)23-18(25)12-24-13(2)22-15-9-5-6-10-16(15)24/h5-6,9-10H,3-4,7-8,11-12H2,1-2H3,(H,23,25). The van der Waals surface area contributed by atoms with Gasteiger partial charge in [-0.1, -0.05) is 12.1 Å². The molecule has 0 unspecified atom stereocenters. The molecule has 0 atom stereocenters. The predicted molar refractivity (Wildman–Crippen MR) is 110 cm³/mol. The molecule has 1 amide bonds. The summed E-state index contributed by atoms with van der Waals surface area (Å²) in [6.45, 7) is 4.15. The molecule has 1 aliphatic carbocycles. The average molecular weight is 398 g/mol. The first kappa shape index (κ1) is 18.7. The van der Waals surface area contributed by atoms with Crippen LogP contribution in [-0.2, 0) is 28.9 Å². The van der Waals surface area contributed by atoms with Crippen molar-refractivity contribution in [3.8, 4) is 0 Å². The number of carbonyl (C=O) groups excluding carboxylic acids is 2. The Labute approximate surface area is 167 Å². The number of amides is 1. The zero-order valence-corrected chi connectivity index (χ0v) is 16.9. The Bertz CT molecular complexity index is 1050. The third-order valence-corrected chi connectivity index (χ3v) is 6.26. The monoisotopic (exact) mass is 397 g/mol. The van der Waals surface area contributed by atoms with Gasteiger partial charge in [0, 0.05) is 4.88 Å². The molecule has 146 valence electrons. The van der Waals surface area contributed by atoms with Gasteiger partial charge in [0.05, 0.1) is 23.2 Å². The summed E-state index contributed by atoms with van der Waals surface area (Å²) >= 11 is 1.51. The second-order valence-electron chi connectivity index (χ2n) is 6.92. The number of aryl methyl sites for hydroxylation is 2. The number of benzene rings is 1. The van der Waals surface area contributed by atoms with E-state index in [-0.39, 0.29) is 18.4 Å². The van der Waals surface area contributed by atoms with Crippen molar-refractivity contribution in [2.45, 2.75) is 46.1 Å². The van der Waals surface area contributed by atoms with Crippen LogP contribution in [0.2, 0.25) is 0 Å². The highest BCUT2D eigenvalue weighted by molar-refractivity contribution is 7.17. The predicted octanol–water partition coefficient (Wildman–Crippen LogP) is 4.10. The molecule has 1 N–H and O–H groups in total. The second-order valence-corrected chi connectivity index (χ2v) is 8.02. The smallest absolute Gasteiger partial charge is 0.341 e. The highest BCUT2D eigenvalue weighted by atomic mass is 32.1. The molecule has 28 heavy (non-hydrogen) atoms. The number of aromatic nitrogens is 2. The first-order chi connectivity index (χ1) is 13.6. The number of nitrogens with one attached hydrogen (secondary N) is 1. The van der Waals surface area contributed by atoms with Gasteiger partial charge in [0.1, 0.15) is 17.4 Å². The van der Waals surface area contributed by atoms with Gasteiger partial charge in [0.2, 0.25) is 5.91 Å². The van der Waals surface area contributed by atoms with Crippen molar-refractivity contribution in [3.63, 3.8) is 0 Å².